The van der Waals surface area contributed by atoms with E-state index in [4.69, 9.17) is 9.84 Å². The molecule has 1 aromatic carbocycles. The minimum absolute atomic E-state index is 0.390. The zero-order valence-corrected chi connectivity index (χ0v) is 8.29. The number of carbonyl (C=O) groups is 1. The maximum atomic E-state index is 10.8. The molecule has 0 spiro atoms. The van der Waals surface area contributed by atoms with Gasteiger partial charge in [0.15, 0.2) is 0 Å². The zero-order valence-electron chi connectivity index (χ0n) is 7.47. The van der Waals surface area contributed by atoms with E-state index in [1.807, 2.05) is 24.3 Å². The molecule has 1 aromatic rings. The van der Waals surface area contributed by atoms with Crippen LogP contribution in [0.25, 0.3) is 0 Å². The Balaban J connectivity index is 2.26. The summed E-state index contributed by atoms with van der Waals surface area (Å²) >= 11 is 1.36. The summed E-state index contributed by atoms with van der Waals surface area (Å²) in [6.07, 6.45) is 0.550. The molecule has 1 atom stereocenters. The average molecular weight is 210 g/mol. The van der Waals surface area contributed by atoms with Gasteiger partial charge in [0.2, 0.25) is 0 Å². The number of hydrogen-bond donors (Lipinski definition) is 1. The molecule has 0 saturated carbocycles. The number of fused-ring (bicyclic) bond motifs is 1. The highest BCUT2D eigenvalue weighted by atomic mass is 32.2. The van der Waals surface area contributed by atoms with E-state index in [1.165, 1.54) is 11.8 Å². The first kappa shape index (κ1) is 9.40. The number of rotatable bonds is 1. The first-order valence-electron chi connectivity index (χ1n) is 4.38. The molecule has 0 fully saturated rings. The average Bonchev–Trinajstić information content (AvgIpc) is 2.39. The molecule has 14 heavy (non-hydrogen) atoms. The molecule has 0 aromatic heterocycles. The van der Waals surface area contributed by atoms with Gasteiger partial charge in [-0.25, -0.2) is 0 Å². The van der Waals surface area contributed by atoms with Crippen LogP contribution in [0, 0.1) is 0 Å². The summed E-state index contributed by atoms with van der Waals surface area (Å²) in [4.78, 5) is 11.8. The molecule has 1 aliphatic heterocycles. The molecule has 1 unspecified atom stereocenters. The number of carboxylic acid groups (broad SMARTS) is 1. The van der Waals surface area contributed by atoms with Crippen molar-refractivity contribution in [2.24, 2.45) is 0 Å². The molecule has 0 amide bonds. The third-order valence-corrected chi connectivity index (χ3v) is 3.34. The second kappa shape index (κ2) is 3.92. The van der Waals surface area contributed by atoms with Gasteiger partial charge in [0.1, 0.15) is 11.0 Å². The lowest BCUT2D eigenvalue weighted by molar-refractivity contribution is -0.136. The predicted octanol–water partition coefficient (Wildman–Crippen LogP) is 2.01. The van der Waals surface area contributed by atoms with E-state index in [9.17, 15) is 4.79 Å². The van der Waals surface area contributed by atoms with E-state index >= 15 is 0 Å². The summed E-state index contributed by atoms with van der Waals surface area (Å²) in [5.74, 6) is 0.0246. The van der Waals surface area contributed by atoms with Crippen molar-refractivity contribution in [2.75, 3.05) is 6.61 Å². The van der Waals surface area contributed by atoms with Crippen LogP contribution in [-0.2, 0) is 4.79 Å². The molecule has 3 nitrogen and oxygen atoms in total. The first-order valence-corrected chi connectivity index (χ1v) is 5.26. The van der Waals surface area contributed by atoms with Crippen molar-refractivity contribution in [3.8, 4) is 5.75 Å². The number of benzene rings is 1. The van der Waals surface area contributed by atoms with Gasteiger partial charge in [0.25, 0.3) is 0 Å². The van der Waals surface area contributed by atoms with Gasteiger partial charge in [0.05, 0.1) is 11.5 Å². The summed E-state index contributed by atoms with van der Waals surface area (Å²) in [6, 6.07) is 7.54. The van der Waals surface area contributed by atoms with Crippen molar-refractivity contribution in [2.45, 2.75) is 16.6 Å². The van der Waals surface area contributed by atoms with Crippen LogP contribution in [0.5, 0.6) is 5.75 Å². The van der Waals surface area contributed by atoms with E-state index in [0.29, 0.717) is 13.0 Å². The normalized spacial score (nSPS) is 20.4. The standard InChI is InChI=1S/C10H10O3S/c11-10(12)9-5-6-13-7-3-1-2-4-8(7)14-9/h1-4,9H,5-6H2,(H,11,12). The molecule has 0 saturated heterocycles. The molecular formula is C10H10O3S. The summed E-state index contributed by atoms with van der Waals surface area (Å²) in [5, 5.41) is 8.52. The van der Waals surface area contributed by atoms with Crippen molar-refractivity contribution in [1.82, 2.24) is 0 Å². The van der Waals surface area contributed by atoms with Gasteiger partial charge in [-0.05, 0) is 12.1 Å². The lowest BCUT2D eigenvalue weighted by Gasteiger charge is -2.06. The Morgan fingerprint density at radius 1 is 1.50 bits per heavy atom. The van der Waals surface area contributed by atoms with Crippen molar-refractivity contribution in [3.63, 3.8) is 0 Å². The van der Waals surface area contributed by atoms with Gasteiger partial charge in [-0.3, -0.25) is 4.79 Å². The summed E-state index contributed by atoms with van der Waals surface area (Å²) in [7, 11) is 0. The van der Waals surface area contributed by atoms with Gasteiger partial charge < -0.3 is 9.84 Å². The van der Waals surface area contributed by atoms with Crippen LogP contribution in [-0.4, -0.2) is 22.9 Å². The Kier molecular flexibility index (Phi) is 2.63. The number of ether oxygens (including phenoxy) is 1. The molecule has 0 aliphatic carbocycles. The van der Waals surface area contributed by atoms with Gasteiger partial charge in [-0.2, -0.15) is 0 Å². The SMILES string of the molecule is O=C(O)C1CCOc2ccccc2S1. The highest BCUT2D eigenvalue weighted by Crippen LogP contribution is 2.36. The van der Waals surface area contributed by atoms with Gasteiger partial charge in [-0.1, -0.05) is 12.1 Å². The van der Waals surface area contributed by atoms with Crippen LogP contribution >= 0.6 is 11.8 Å². The van der Waals surface area contributed by atoms with Crippen molar-refractivity contribution >= 4 is 17.7 Å². The van der Waals surface area contributed by atoms with Crippen LogP contribution in [0.1, 0.15) is 6.42 Å². The monoisotopic (exact) mass is 210 g/mol. The Bertz CT molecular complexity index is 351. The minimum Gasteiger partial charge on any atom is -0.492 e. The second-order valence-electron chi connectivity index (χ2n) is 3.03. The molecular weight excluding hydrogens is 200 g/mol. The van der Waals surface area contributed by atoms with Crippen molar-refractivity contribution in [3.05, 3.63) is 24.3 Å². The lowest BCUT2D eigenvalue weighted by Crippen LogP contribution is -2.17. The molecule has 1 heterocycles. The molecule has 0 radical (unpaired) electrons. The van der Waals surface area contributed by atoms with Crippen LogP contribution in [0.4, 0.5) is 0 Å². The van der Waals surface area contributed by atoms with Crippen molar-refractivity contribution < 1.29 is 14.6 Å². The van der Waals surface area contributed by atoms with E-state index in [2.05, 4.69) is 0 Å². The number of hydrogen-bond acceptors (Lipinski definition) is 3. The lowest BCUT2D eigenvalue weighted by atomic mass is 10.3. The Labute approximate surface area is 86.1 Å². The Hall–Kier alpha value is -1.16. The third kappa shape index (κ3) is 1.85. The topological polar surface area (TPSA) is 46.5 Å². The smallest absolute Gasteiger partial charge is 0.317 e. The second-order valence-corrected chi connectivity index (χ2v) is 4.27. The van der Waals surface area contributed by atoms with Crippen LogP contribution in [0.3, 0.4) is 0 Å². The quantitative estimate of drug-likeness (QED) is 0.770. The Morgan fingerprint density at radius 3 is 3.07 bits per heavy atom. The Morgan fingerprint density at radius 2 is 2.29 bits per heavy atom. The summed E-state index contributed by atoms with van der Waals surface area (Å²) in [5.41, 5.74) is 0. The van der Waals surface area contributed by atoms with E-state index in [-0.39, 0.29) is 0 Å². The number of thioether (sulfide) groups is 1. The molecule has 74 valence electrons. The maximum absolute atomic E-state index is 10.8. The van der Waals surface area contributed by atoms with E-state index < -0.39 is 11.2 Å². The molecule has 2 rings (SSSR count). The van der Waals surface area contributed by atoms with E-state index in [0.717, 1.165) is 10.6 Å². The fraction of sp³-hybridized carbons (Fsp3) is 0.300. The van der Waals surface area contributed by atoms with Crippen molar-refractivity contribution in [1.29, 1.82) is 0 Å². The predicted molar refractivity (Wildman–Crippen MR) is 53.8 cm³/mol. The largest absolute Gasteiger partial charge is 0.492 e. The highest BCUT2D eigenvalue weighted by Gasteiger charge is 2.23. The van der Waals surface area contributed by atoms with E-state index in [1.54, 1.807) is 0 Å². The van der Waals surface area contributed by atoms with Crippen LogP contribution in [0.15, 0.2) is 29.2 Å². The fourth-order valence-corrected chi connectivity index (χ4v) is 2.35. The molecule has 1 aliphatic rings. The zero-order chi connectivity index (χ0) is 9.97. The van der Waals surface area contributed by atoms with Gasteiger partial charge >= 0.3 is 5.97 Å². The molecule has 0 bridgehead atoms. The molecule has 4 heteroatoms. The maximum Gasteiger partial charge on any atom is 0.317 e. The highest BCUT2D eigenvalue weighted by molar-refractivity contribution is 8.00. The van der Waals surface area contributed by atoms with Gasteiger partial charge in [0, 0.05) is 6.42 Å². The van der Waals surface area contributed by atoms with Crippen LogP contribution in [0.2, 0.25) is 0 Å². The van der Waals surface area contributed by atoms with Gasteiger partial charge in [-0.15, -0.1) is 11.8 Å². The minimum atomic E-state index is -0.768. The van der Waals surface area contributed by atoms with Crippen LogP contribution < -0.4 is 4.74 Å². The summed E-state index contributed by atoms with van der Waals surface area (Å²) in [6.45, 7) is 0.473. The number of aliphatic carboxylic acids is 1. The fourth-order valence-electron chi connectivity index (χ4n) is 1.33. The number of carboxylic acids is 1. The summed E-state index contributed by atoms with van der Waals surface area (Å²) < 4.78 is 5.44. The third-order valence-electron chi connectivity index (χ3n) is 2.03. The molecule has 1 N–H and O–H groups in total. The first-order chi connectivity index (χ1) is 6.77. The number of para-hydroxylation sites is 1.